The van der Waals surface area contributed by atoms with E-state index < -0.39 is 11.2 Å². The Kier molecular flexibility index (Phi) is 9.88. The second-order valence-corrected chi connectivity index (χ2v) is 6.21. The van der Waals surface area contributed by atoms with Gasteiger partial charge in [0.15, 0.2) is 0 Å². The van der Waals surface area contributed by atoms with Crippen LogP contribution in [0.4, 0.5) is 13.2 Å². The maximum atomic E-state index is 12.2. The number of hydrogen-bond donors (Lipinski definition) is 1. The van der Waals surface area contributed by atoms with Crippen molar-refractivity contribution in [2.24, 2.45) is 0 Å². The van der Waals surface area contributed by atoms with Gasteiger partial charge in [0.1, 0.15) is 16.5 Å². The van der Waals surface area contributed by atoms with E-state index in [9.17, 15) is 18.3 Å². The lowest BCUT2D eigenvalue weighted by Crippen LogP contribution is -2.07. The number of unbranched alkanes of at least 4 members (excludes halogenated alkanes) is 1. The molecule has 0 fully saturated rings. The third-order valence-corrected chi connectivity index (χ3v) is 4.14. The maximum Gasteiger partial charge on any atom is 0.426 e. The molecular weight excluding hydrogens is 369 g/mol. The number of ether oxygens (including phenoxy) is 2. The first-order valence-corrected chi connectivity index (χ1v) is 9.15. The van der Waals surface area contributed by atoms with Crippen LogP contribution >= 0.6 is 11.6 Å². The molecule has 0 bridgehead atoms. The first-order chi connectivity index (χ1) is 12.3. The molecule has 0 atom stereocenters. The highest BCUT2D eigenvalue weighted by atomic mass is 35.5. The topological polar surface area (TPSA) is 38.7 Å². The fourth-order valence-electron chi connectivity index (χ4n) is 2.41. The molecule has 1 N–H and O–H groups in total. The van der Waals surface area contributed by atoms with Crippen molar-refractivity contribution in [2.75, 3.05) is 19.8 Å². The van der Waals surface area contributed by atoms with Crippen LogP contribution < -0.4 is 4.74 Å². The summed E-state index contributed by atoms with van der Waals surface area (Å²) < 4.78 is 47.7. The van der Waals surface area contributed by atoms with Crippen molar-refractivity contribution < 1.29 is 27.8 Å². The number of allylic oxidation sites excluding steroid dienone is 1. The van der Waals surface area contributed by atoms with Crippen molar-refractivity contribution in [3.05, 3.63) is 34.4 Å². The van der Waals surface area contributed by atoms with Gasteiger partial charge < -0.3 is 14.6 Å². The molecule has 0 aliphatic rings. The molecule has 0 heterocycles. The smallest absolute Gasteiger partial charge is 0.426 e. The van der Waals surface area contributed by atoms with Gasteiger partial charge >= 0.3 is 6.18 Å². The second-order valence-electron chi connectivity index (χ2n) is 5.81. The van der Waals surface area contributed by atoms with E-state index in [0.29, 0.717) is 13.2 Å². The summed E-state index contributed by atoms with van der Waals surface area (Å²) in [6, 6.07) is 3.44. The molecule has 0 aromatic heterocycles. The molecule has 0 aliphatic carbocycles. The summed E-state index contributed by atoms with van der Waals surface area (Å²) in [7, 11) is 0. The minimum absolute atomic E-state index is 0.127. The van der Waals surface area contributed by atoms with Crippen LogP contribution in [0.25, 0.3) is 0 Å². The number of benzene rings is 1. The molecule has 0 spiro atoms. The Balaban J connectivity index is 2.26. The molecular formula is C19H26ClF3O3. The molecule has 0 radical (unpaired) electrons. The van der Waals surface area contributed by atoms with E-state index in [-0.39, 0.29) is 18.8 Å². The summed E-state index contributed by atoms with van der Waals surface area (Å²) in [5.74, 6) is 1.08. The molecule has 0 aliphatic heterocycles. The number of phenols is 1. The lowest BCUT2D eigenvalue weighted by molar-refractivity contribution is -0.0848. The minimum atomic E-state index is -4.48. The third-order valence-electron chi connectivity index (χ3n) is 3.78. The number of aromatic hydroxyl groups is 1. The maximum absolute atomic E-state index is 12.2. The fourth-order valence-corrected chi connectivity index (χ4v) is 2.52. The summed E-state index contributed by atoms with van der Waals surface area (Å²) in [5, 5.41) is 8.62. The standard InChI is InChI=1S/C19H26ClF3O3/c1-3-14-12-16(24)13-15(4-2)18(14)26-11-6-5-9-25-10-7-8-17(20)19(21,22)23/h8,12-13,24H,3-7,9-11H2,1-2H3/b17-8-. The lowest BCUT2D eigenvalue weighted by Gasteiger charge is -2.15. The monoisotopic (exact) mass is 394 g/mol. The Bertz CT molecular complexity index is 561. The normalized spacial score (nSPS) is 12.5. The van der Waals surface area contributed by atoms with Crippen molar-refractivity contribution >= 4 is 11.6 Å². The number of hydrogen-bond acceptors (Lipinski definition) is 3. The van der Waals surface area contributed by atoms with Crippen LogP contribution in [0.5, 0.6) is 11.5 Å². The third kappa shape index (κ3) is 7.87. The molecule has 1 rings (SSSR count). The van der Waals surface area contributed by atoms with Crippen molar-refractivity contribution in [1.82, 2.24) is 0 Å². The first kappa shape index (κ1) is 22.6. The van der Waals surface area contributed by atoms with Gasteiger partial charge in [-0.2, -0.15) is 13.2 Å². The molecule has 1 aromatic carbocycles. The number of halogens is 4. The van der Waals surface area contributed by atoms with E-state index in [1.165, 1.54) is 0 Å². The summed E-state index contributed by atoms with van der Waals surface area (Å²) >= 11 is 5.10. The molecule has 1 aromatic rings. The van der Waals surface area contributed by atoms with Crippen molar-refractivity contribution in [2.45, 2.75) is 52.1 Å². The van der Waals surface area contributed by atoms with Crippen LogP contribution in [0.3, 0.4) is 0 Å². The predicted octanol–water partition coefficient (Wildman–Crippen LogP) is 5.77. The highest BCUT2D eigenvalue weighted by Gasteiger charge is 2.31. The fraction of sp³-hybridized carbons (Fsp3) is 0.579. The molecule has 148 valence electrons. The zero-order chi connectivity index (χ0) is 19.6. The SMILES string of the molecule is CCc1cc(O)cc(CC)c1OCCCCOCC/C=C(\Cl)C(F)(F)F. The number of phenolic OH excluding ortho intramolecular Hbond substituents is 1. The van der Waals surface area contributed by atoms with Gasteiger partial charge in [-0.3, -0.25) is 0 Å². The molecule has 0 amide bonds. The van der Waals surface area contributed by atoms with Crippen LogP contribution in [0.1, 0.15) is 44.2 Å². The van der Waals surface area contributed by atoms with E-state index in [1.54, 1.807) is 12.1 Å². The highest BCUT2D eigenvalue weighted by Crippen LogP contribution is 2.30. The zero-order valence-corrected chi connectivity index (χ0v) is 15.9. The van der Waals surface area contributed by atoms with Gasteiger partial charge in [-0.05, 0) is 55.4 Å². The van der Waals surface area contributed by atoms with Crippen molar-refractivity contribution in [1.29, 1.82) is 0 Å². The number of alkyl halides is 3. The van der Waals surface area contributed by atoms with Gasteiger partial charge in [0, 0.05) is 6.61 Å². The summed E-state index contributed by atoms with van der Waals surface area (Å²) in [6.07, 6.45) is -0.371. The predicted molar refractivity (Wildman–Crippen MR) is 97.0 cm³/mol. The van der Waals surface area contributed by atoms with Crippen LogP contribution in [0.15, 0.2) is 23.2 Å². The minimum Gasteiger partial charge on any atom is -0.508 e. The average Bonchev–Trinajstić information content (AvgIpc) is 2.59. The lowest BCUT2D eigenvalue weighted by atomic mass is 10.0. The van der Waals surface area contributed by atoms with Gasteiger partial charge in [0.05, 0.1) is 13.2 Å². The Morgan fingerprint density at radius 3 is 2.19 bits per heavy atom. The Morgan fingerprint density at radius 2 is 1.65 bits per heavy atom. The van der Waals surface area contributed by atoms with Crippen LogP contribution in [-0.2, 0) is 17.6 Å². The summed E-state index contributed by atoms with van der Waals surface area (Å²) in [6.45, 7) is 5.19. The van der Waals surface area contributed by atoms with E-state index in [4.69, 9.17) is 21.1 Å². The van der Waals surface area contributed by atoms with Gasteiger partial charge in [-0.15, -0.1) is 0 Å². The van der Waals surface area contributed by atoms with Gasteiger partial charge in [-0.25, -0.2) is 0 Å². The molecule has 3 nitrogen and oxygen atoms in total. The van der Waals surface area contributed by atoms with E-state index in [2.05, 4.69) is 0 Å². The van der Waals surface area contributed by atoms with Crippen LogP contribution in [0.2, 0.25) is 0 Å². The molecule has 7 heteroatoms. The summed E-state index contributed by atoms with van der Waals surface area (Å²) in [4.78, 5) is 0. The van der Waals surface area contributed by atoms with Crippen LogP contribution in [0, 0.1) is 0 Å². The molecule has 26 heavy (non-hydrogen) atoms. The highest BCUT2D eigenvalue weighted by molar-refractivity contribution is 6.30. The van der Waals surface area contributed by atoms with E-state index in [0.717, 1.165) is 48.6 Å². The summed E-state index contributed by atoms with van der Waals surface area (Å²) in [5.41, 5.74) is 1.96. The first-order valence-electron chi connectivity index (χ1n) is 8.77. The van der Waals surface area contributed by atoms with E-state index in [1.807, 2.05) is 13.8 Å². The largest absolute Gasteiger partial charge is 0.508 e. The number of aryl methyl sites for hydroxylation is 2. The Morgan fingerprint density at radius 1 is 1.08 bits per heavy atom. The van der Waals surface area contributed by atoms with Gasteiger partial charge in [-0.1, -0.05) is 31.5 Å². The van der Waals surface area contributed by atoms with Crippen LogP contribution in [-0.4, -0.2) is 31.1 Å². The quantitative estimate of drug-likeness (QED) is 0.484. The van der Waals surface area contributed by atoms with Gasteiger partial charge in [0.2, 0.25) is 0 Å². The molecule has 0 saturated carbocycles. The van der Waals surface area contributed by atoms with Crippen molar-refractivity contribution in [3.8, 4) is 11.5 Å². The molecule has 0 unspecified atom stereocenters. The number of rotatable bonds is 11. The average molecular weight is 395 g/mol. The zero-order valence-electron chi connectivity index (χ0n) is 15.2. The second kappa shape index (κ2) is 11.3. The van der Waals surface area contributed by atoms with Gasteiger partial charge in [0.25, 0.3) is 0 Å². The van der Waals surface area contributed by atoms with Crippen molar-refractivity contribution in [3.63, 3.8) is 0 Å². The Labute approximate surface area is 157 Å². The van der Waals surface area contributed by atoms with E-state index >= 15 is 0 Å². The molecule has 0 saturated heterocycles. The Hall–Kier alpha value is -1.40.